The summed E-state index contributed by atoms with van der Waals surface area (Å²) in [6.45, 7) is 5.64. The summed E-state index contributed by atoms with van der Waals surface area (Å²) in [5.74, 6) is -0.466. The molecule has 25 heavy (non-hydrogen) atoms. The molecule has 9 heteroatoms. The molecule has 1 saturated heterocycles. The first kappa shape index (κ1) is 19.0. The number of alkyl carbamates (subject to hydrolysis) is 1. The first-order valence-corrected chi connectivity index (χ1v) is 8.21. The summed E-state index contributed by atoms with van der Waals surface area (Å²) in [4.78, 5) is 36.5. The Balaban J connectivity index is 2.17. The van der Waals surface area contributed by atoms with Gasteiger partial charge in [-0.25, -0.2) is 4.79 Å². The fourth-order valence-electron chi connectivity index (χ4n) is 2.55. The van der Waals surface area contributed by atoms with Crippen molar-refractivity contribution in [1.29, 1.82) is 0 Å². The molecule has 0 radical (unpaired) electrons. The molecule has 0 aliphatic carbocycles. The predicted octanol–water partition coefficient (Wildman–Crippen LogP) is 3.34. The van der Waals surface area contributed by atoms with Gasteiger partial charge in [0, 0.05) is 18.7 Å². The van der Waals surface area contributed by atoms with Gasteiger partial charge in [0.15, 0.2) is 0 Å². The van der Waals surface area contributed by atoms with Gasteiger partial charge in [0.05, 0.1) is 15.5 Å². The average molecular weight is 370 g/mol. The van der Waals surface area contributed by atoms with E-state index in [9.17, 15) is 19.7 Å². The second kappa shape index (κ2) is 7.26. The van der Waals surface area contributed by atoms with Crippen LogP contribution < -0.4 is 5.32 Å². The normalized spacial score (nSPS) is 17.3. The maximum Gasteiger partial charge on any atom is 0.409 e. The first-order valence-electron chi connectivity index (χ1n) is 7.83. The van der Waals surface area contributed by atoms with Crippen LogP contribution >= 0.6 is 11.6 Å². The summed E-state index contributed by atoms with van der Waals surface area (Å²) in [6.07, 6.45) is 0.0935. The van der Waals surface area contributed by atoms with Crippen molar-refractivity contribution >= 4 is 29.3 Å². The molecular weight excluding hydrogens is 350 g/mol. The van der Waals surface area contributed by atoms with Crippen LogP contribution in [-0.4, -0.2) is 40.1 Å². The number of carbonyl (C=O) groups is 2. The number of non-ortho nitro benzene ring substituents is 1. The highest BCUT2D eigenvalue weighted by Gasteiger charge is 2.33. The molecule has 136 valence electrons. The van der Waals surface area contributed by atoms with Crippen LogP contribution in [-0.2, 0) is 4.74 Å². The maximum atomic E-state index is 12.7. The topological polar surface area (TPSA) is 102 Å². The van der Waals surface area contributed by atoms with E-state index >= 15 is 0 Å². The van der Waals surface area contributed by atoms with Gasteiger partial charge in [0.1, 0.15) is 11.8 Å². The van der Waals surface area contributed by atoms with Gasteiger partial charge in [-0.3, -0.25) is 14.9 Å². The predicted molar refractivity (Wildman–Crippen MR) is 91.5 cm³/mol. The Bertz CT molecular complexity index is 702. The Kier molecular flexibility index (Phi) is 5.52. The van der Waals surface area contributed by atoms with Crippen molar-refractivity contribution in [1.82, 2.24) is 10.2 Å². The van der Waals surface area contributed by atoms with E-state index in [4.69, 9.17) is 16.3 Å². The molecule has 1 aliphatic rings. The van der Waals surface area contributed by atoms with Crippen molar-refractivity contribution in [3.05, 3.63) is 38.9 Å². The minimum atomic E-state index is -0.652. The quantitative estimate of drug-likeness (QED) is 0.650. The Morgan fingerprint density at radius 2 is 2.08 bits per heavy atom. The lowest BCUT2D eigenvalue weighted by atomic mass is 10.1. The van der Waals surface area contributed by atoms with E-state index in [0.717, 1.165) is 6.07 Å². The Morgan fingerprint density at radius 3 is 2.68 bits per heavy atom. The maximum absolute atomic E-state index is 12.7. The molecule has 1 heterocycles. The summed E-state index contributed by atoms with van der Waals surface area (Å²) in [7, 11) is 0. The van der Waals surface area contributed by atoms with Crippen LogP contribution in [0.15, 0.2) is 18.2 Å². The summed E-state index contributed by atoms with van der Waals surface area (Å²) < 4.78 is 5.20. The van der Waals surface area contributed by atoms with Gasteiger partial charge in [-0.1, -0.05) is 11.6 Å². The number of nitro benzene ring substituents is 1. The standard InChI is InChI=1S/C16H20ClN3O5/c1-16(2,3)25-15(22)18-13-5-4-8-19(13)14(21)11-9-10(20(23)24)6-7-12(11)17/h6-7,9,13H,4-5,8H2,1-3H3,(H,18,22). The summed E-state index contributed by atoms with van der Waals surface area (Å²) >= 11 is 6.03. The van der Waals surface area contributed by atoms with Gasteiger partial charge in [-0.2, -0.15) is 0 Å². The van der Waals surface area contributed by atoms with Crippen molar-refractivity contribution in [2.75, 3.05) is 6.54 Å². The molecule has 0 aromatic heterocycles. The van der Waals surface area contributed by atoms with Gasteiger partial charge in [0.25, 0.3) is 11.6 Å². The molecule has 1 aromatic carbocycles. The second-order valence-electron chi connectivity index (χ2n) is 6.72. The zero-order valence-corrected chi connectivity index (χ0v) is 15.0. The minimum absolute atomic E-state index is 0.0359. The molecule has 0 spiro atoms. The molecule has 1 unspecified atom stereocenters. The Hall–Kier alpha value is -2.35. The molecule has 0 saturated carbocycles. The fraction of sp³-hybridized carbons (Fsp3) is 0.500. The molecular formula is C16H20ClN3O5. The molecule has 2 rings (SSSR count). The number of nitrogens with zero attached hydrogens (tertiary/aromatic N) is 2. The van der Waals surface area contributed by atoms with E-state index in [1.54, 1.807) is 20.8 Å². The number of nitrogens with one attached hydrogen (secondary N) is 1. The molecule has 1 aromatic rings. The number of ether oxygens (including phenoxy) is 1. The van der Waals surface area contributed by atoms with Crippen molar-refractivity contribution < 1.29 is 19.2 Å². The van der Waals surface area contributed by atoms with Crippen LogP contribution in [0.4, 0.5) is 10.5 Å². The van der Waals surface area contributed by atoms with Gasteiger partial charge in [-0.15, -0.1) is 0 Å². The molecule has 1 fully saturated rings. The molecule has 1 N–H and O–H groups in total. The fourth-order valence-corrected chi connectivity index (χ4v) is 2.75. The average Bonchev–Trinajstić information content (AvgIpc) is 2.92. The van der Waals surface area contributed by atoms with E-state index < -0.39 is 28.7 Å². The summed E-state index contributed by atoms with van der Waals surface area (Å²) in [5, 5.41) is 13.7. The number of halogens is 1. The number of carbonyl (C=O) groups excluding carboxylic acids is 2. The van der Waals surface area contributed by atoms with Crippen LogP contribution in [0.25, 0.3) is 0 Å². The number of amides is 2. The lowest BCUT2D eigenvalue weighted by molar-refractivity contribution is -0.384. The number of rotatable bonds is 3. The highest BCUT2D eigenvalue weighted by atomic mass is 35.5. The lowest BCUT2D eigenvalue weighted by Crippen LogP contribution is -2.48. The van der Waals surface area contributed by atoms with E-state index in [1.165, 1.54) is 17.0 Å². The third kappa shape index (κ3) is 4.82. The van der Waals surface area contributed by atoms with Crippen LogP contribution in [0.1, 0.15) is 44.0 Å². The number of hydrogen-bond acceptors (Lipinski definition) is 5. The third-order valence-corrected chi connectivity index (χ3v) is 3.92. The van der Waals surface area contributed by atoms with Crippen molar-refractivity contribution in [3.8, 4) is 0 Å². The smallest absolute Gasteiger partial charge is 0.409 e. The Labute approximate surface area is 150 Å². The zero-order chi connectivity index (χ0) is 18.8. The Morgan fingerprint density at radius 1 is 1.40 bits per heavy atom. The van der Waals surface area contributed by atoms with Crippen molar-refractivity contribution in [2.45, 2.75) is 45.4 Å². The molecule has 1 atom stereocenters. The van der Waals surface area contributed by atoms with Gasteiger partial charge in [0.2, 0.25) is 0 Å². The highest BCUT2D eigenvalue weighted by molar-refractivity contribution is 6.34. The third-order valence-electron chi connectivity index (χ3n) is 3.59. The monoisotopic (exact) mass is 369 g/mol. The van der Waals surface area contributed by atoms with Crippen molar-refractivity contribution in [2.24, 2.45) is 0 Å². The number of hydrogen-bond donors (Lipinski definition) is 1. The van der Waals surface area contributed by atoms with E-state index in [0.29, 0.717) is 19.4 Å². The number of benzene rings is 1. The van der Waals surface area contributed by atoms with Gasteiger partial charge < -0.3 is 15.0 Å². The van der Waals surface area contributed by atoms with Crippen LogP contribution in [0.2, 0.25) is 5.02 Å². The molecule has 8 nitrogen and oxygen atoms in total. The van der Waals surface area contributed by atoms with E-state index in [2.05, 4.69) is 5.32 Å². The van der Waals surface area contributed by atoms with E-state index in [-0.39, 0.29) is 16.3 Å². The summed E-state index contributed by atoms with van der Waals surface area (Å²) in [5.41, 5.74) is -0.835. The highest BCUT2D eigenvalue weighted by Crippen LogP contribution is 2.26. The van der Waals surface area contributed by atoms with Gasteiger partial charge in [-0.05, 0) is 39.7 Å². The lowest BCUT2D eigenvalue weighted by Gasteiger charge is -2.27. The SMILES string of the molecule is CC(C)(C)OC(=O)NC1CCCN1C(=O)c1cc([N+](=O)[O-])ccc1Cl. The van der Waals surface area contributed by atoms with Crippen LogP contribution in [0, 0.1) is 10.1 Å². The number of nitro groups is 1. The zero-order valence-electron chi connectivity index (χ0n) is 14.2. The van der Waals surface area contributed by atoms with E-state index in [1.807, 2.05) is 0 Å². The molecule has 1 aliphatic heterocycles. The molecule has 0 bridgehead atoms. The van der Waals surface area contributed by atoms with Gasteiger partial charge >= 0.3 is 6.09 Å². The van der Waals surface area contributed by atoms with Crippen molar-refractivity contribution in [3.63, 3.8) is 0 Å². The van der Waals surface area contributed by atoms with Crippen LogP contribution in [0.5, 0.6) is 0 Å². The summed E-state index contributed by atoms with van der Waals surface area (Å²) in [6, 6.07) is 3.70. The first-order chi connectivity index (χ1) is 11.6. The minimum Gasteiger partial charge on any atom is -0.444 e. The van der Waals surface area contributed by atoms with Crippen LogP contribution in [0.3, 0.4) is 0 Å². The second-order valence-corrected chi connectivity index (χ2v) is 7.13. The number of likely N-dealkylation sites (tertiary alicyclic amines) is 1. The largest absolute Gasteiger partial charge is 0.444 e. The molecule has 2 amide bonds.